The number of benzene rings is 1. The van der Waals surface area contributed by atoms with Crippen molar-refractivity contribution in [3.8, 4) is 0 Å². The van der Waals surface area contributed by atoms with Crippen LogP contribution in [0.25, 0.3) is 0 Å². The quantitative estimate of drug-likeness (QED) is 0.881. The molecule has 0 amide bonds. The summed E-state index contributed by atoms with van der Waals surface area (Å²) in [5.41, 5.74) is 2.70. The molecule has 1 saturated heterocycles. The lowest BCUT2D eigenvalue weighted by atomic mass is 9.79. The summed E-state index contributed by atoms with van der Waals surface area (Å²) in [5.74, 6) is 0.558. The molecule has 2 heteroatoms. The SMILES string of the molecule is CNC(CCc1ccc(C)cc1)C1CC(C)(C)OC1(C)C. The molecular formula is C19H31NO. The van der Waals surface area contributed by atoms with Crippen LogP contribution in [-0.2, 0) is 11.2 Å². The number of aryl methyl sites for hydroxylation is 2. The summed E-state index contributed by atoms with van der Waals surface area (Å²) in [5, 5.41) is 3.54. The maximum Gasteiger partial charge on any atom is 0.0677 e. The second kappa shape index (κ2) is 6.10. The Morgan fingerprint density at radius 1 is 1.19 bits per heavy atom. The first-order valence-corrected chi connectivity index (χ1v) is 8.16. The Bertz CT molecular complexity index is 461. The fourth-order valence-corrected chi connectivity index (χ4v) is 3.86. The molecule has 2 atom stereocenters. The van der Waals surface area contributed by atoms with Crippen molar-refractivity contribution < 1.29 is 4.74 Å². The first kappa shape index (κ1) is 16.5. The zero-order valence-electron chi connectivity index (χ0n) is 14.5. The second-order valence-electron chi connectivity index (χ2n) is 7.70. The number of ether oxygens (including phenoxy) is 1. The van der Waals surface area contributed by atoms with Crippen molar-refractivity contribution >= 4 is 0 Å². The van der Waals surface area contributed by atoms with E-state index < -0.39 is 0 Å². The van der Waals surface area contributed by atoms with Crippen LogP contribution in [0.1, 0.15) is 51.7 Å². The van der Waals surface area contributed by atoms with Crippen molar-refractivity contribution in [2.75, 3.05) is 7.05 Å². The largest absolute Gasteiger partial charge is 0.369 e. The third-order valence-corrected chi connectivity index (χ3v) is 4.86. The molecule has 1 aliphatic rings. The van der Waals surface area contributed by atoms with E-state index in [1.54, 1.807) is 0 Å². The zero-order valence-corrected chi connectivity index (χ0v) is 14.5. The van der Waals surface area contributed by atoms with E-state index in [0.29, 0.717) is 12.0 Å². The summed E-state index contributed by atoms with van der Waals surface area (Å²) in [7, 11) is 2.08. The molecule has 0 radical (unpaired) electrons. The molecule has 2 rings (SSSR count). The Balaban J connectivity index is 2.01. The standard InChI is InChI=1S/C19H31NO/c1-14-7-9-15(10-8-14)11-12-17(20-6)16-13-18(2,3)21-19(16,4)5/h7-10,16-17,20H,11-13H2,1-6H3. The number of hydrogen-bond acceptors (Lipinski definition) is 2. The zero-order chi connectivity index (χ0) is 15.7. The van der Waals surface area contributed by atoms with Gasteiger partial charge in [0.05, 0.1) is 11.2 Å². The van der Waals surface area contributed by atoms with Gasteiger partial charge in [-0.1, -0.05) is 29.8 Å². The molecule has 1 N–H and O–H groups in total. The molecule has 1 aliphatic heterocycles. The van der Waals surface area contributed by atoms with Gasteiger partial charge in [0.2, 0.25) is 0 Å². The Kier molecular flexibility index (Phi) is 4.79. The lowest BCUT2D eigenvalue weighted by Gasteiger charge is -2.33. The highest BCUT2D eigenvalue weighted by Crippen LogP contribution is 2.44. The van der Waals surface area contributed by atoms with Crippen LogP contribution < -0.4 is 5.32 Å². The van der Waals surface area contributed by atoms with Crippen molar-refractivity contribution in [2.45, 2.75) is 71.1 Å². The third kappa shape index (κ3) is 4.08. The van der Waals surface area contributed by atoms with Gasteiger partial charge < -0.3 is 10.1 Å². The van der Waals surface area contributed by atoms with Crippen molar-refractivity contribution in [1.29, 1.82) is 0 Å². The molecule has 1 aromatic carbocycles. The van der Waals surface area contributed by atoms with Gasteiger partial charge in [-0.05, 0) is 66.5 Å². The number of rotatable bonds is 5. The van der Waals surface area contributed by atoms with Crippen LogP contribution in [-0.4, -0.2) is 24.3 Å². The Morgan fingerprint density at radius 3 is 2.29 bits per heavy atom. The first-order valence-electron chi connectivity index (χ1n) is 8.16. The van der Waals surface area contributed by atoms with Crippen molar-refractivity contribution in [1.82, 2.24) is 5.32 Å². The van der Waals surface area contributed by atoms with Gasteiger partial charge >= 0.3 is 0 Å². The maximum absolute atomic E-state index is 6.26. The van der Waals surface area contributed by atoms with Gasteiger partial charge in [0.15, 0.2) is 0 Å². The van der Waals surface area contributed by atoms with Gasteiger partial charge in [-0.3, -0.25) is 0 Å². The highest BCUT2D eigenvalue weighted by molar-refractivity contribution is 5.21. The molecule has 21 heavy (non-hydrogen) atoms. The Hall–Kier alpha value is -0.860. The van der Waals surface area contributed by atoms with Crippen LogP contribution >= 0.6 is 0 Å². The molecule has 1 aromatic rings. The van der Waals surface area contributed by atoms with Gasteiger partial charge in [-0.25, -0.2) is 0 Å². The molecule has 0 saturated carbocycles. The molecule has 0 aromatic heterocycles. The summed E-state index contributed by atoms with van der Waals surface area (Å²) < 4.78 is 6.26. The summed E-state index contributed by atoms with van der Waals surface area (Å²) >= 11 is 0. The second-order valence-corrected chi connectivity index (χ2v) is 7.70. The predicted octanol–water partition coefficient (Wildman–Crippen LogP) is 4.11. The van der Waals surface area contributed by atoms with Gasteiger partial charge in [0.1, 0.15) is 0 Å². The van der Waals surface area contributed by atoms with Crippen LogP contribution in [0, 0.1) is 12.8 Å². The summed E-state index contributed by atoms with van der Waals surface area (Å²) in [6.07, 6.45) is 3.41. The van der Waals surface area contributed by atoms with Crippen LogP contribution in [0.4, 0.5) is 0 Å². The van der Waals surface area contributed by atoms with E-state index in [0.717, 1.165) is 19.3 Å². The van der Waals surface area contributed by atoms with Gasteiger partial charge in [-0.15, -0.1) is 0 Å². The van der Waals surface area contributed by atoms with Crippen LogP contribution in [0.5, 0.6) is 0 Å². The Labute approximate surface area is 130 Å². The summed E-state index contributed by atoms with van der Waals surface area (Å²) in [6.45, 7) is 11.0. The minimum atomic E-state index is -0.0511. The molecule has 0 bridgehead atoms. The molecular weight excluding hydrogens is 258 g/mol. The third-order valence-electron chi connectivity index (χ3n) is 4.86. The minimum Gasteiger partial charge on any atom is -0.369 e. The molecule has 2 unspecified atom stereocenters. The van der Waals surface area contributed by atoms with E-state index >= 15 is 0 Å². The average molecular weight is 289 g/mol. The predicted molar refractivity (Wildman–Crippen MR) is 89.7 cm³/mol. The fraction of sp³-hybridized carbons (Fsp3) is 0.684. The van der Waals surface area contributed by atoms with E-state index in [1.165, 1.54) is 11.1 Å². The van der Waals surface area contributed by atoms with Crippen LogP contribution in [0.3, 0.4) is 0 Å². The highest BCUT2D eigenvalue weighted by atomic mass is 16.5. The maximum atomic E-state index is 6.26. The topological polar surface area (TPSA) is 21.3 Å². The van der Waals surface area contributed by atoms with Gasteiger partial charge in [0.25, 0.3) is 0 Å². The lowest BCUT2D eigenvalue weighted by molar-refractivity contribution is -0.0776. The summed E-state index contributed by atoms with van der Waals surface area (Å²) in [4.78, 5) is 0. The van der Waals surface area contributed by atoms with Crippen molar-refractivity contribution in [3.05, 3.63) is 35.4 Å². The molecule has 0 spiro atoms. The van der Waals surface area contributed by atoms with Gasteiger partial charge in [0, 0.05) is 12.0 Å². The molecule has 1 heterocycles. The molecule has 0 aliphatic carbocycles. The number of nitrogens with one attached hydrogen (secondary N) is 1. The Morgan fingerprint density at radius 2 is 1.81 bits per heavy atom. The average Bonchev–Trinajstić information content (AvgIpc) is 2.61. The van der Waals surface area contributed by atoms with E-state index in [1.807, 2.05) is 0 Å². The fourth-order valence-electron chi connectivity index (χ4n) is 3.86. The van der Waals surface area contributed by atoms with Crippen LogP contribution in [0.2, 0.25) is 0 Å². The van der Waals surface area contributed by atoms with E-state index in [4.69, 9.17) is 4.74 Å². The lowest BCUT2D eigenvalue weighted by Crippen LogP contribution is -2.43. The monoisotopic (exact) mass is 289 g/mol. The normalized spacial score (nSPS) is 25.0. The number of hydrogen-bond donors (Lipinski definition) is 1. The van der Waals surface area contributed by atoms with E-state index in [9.17, 15) is 0 Å². The van der Waals surface area contributed by atoms with E-state index in [-0.39, 0.29) is 11.2 Å². The highest BCUT2D eigenvalue weighted by Gasteiger charge is 2.48. The first-order chi connectivity index (χ1) is 9.73. The van der Waals surface area contributed by atoms with Crippen molar-refractivity contribution in [2.24, 2.45) is 5.92 Å². The smallest absolute Gasteiger partial charge is 0.0677 e. The summed E-state index contributed by atoms with van der Waals surface area (Å²) in [6, 6.07) is 9.42. The van der Waals surface area contributed by atoms with Crippen molar-refractivity contribution in [3.63, 3.8) is 0 Å². The molecule has 1 fully saturated rings. The minimum absolute atomic E-state index is 0.00682. The van der Waals surface area contributed by atoms with E-state index in [2.05, 4.69) is 71.2 Å². The van der Waals surface area contributed by atoms with Gasteiger partial charge in [-0.2, -0.15) is 0 Å². The van der Waals surface area contributed by atoms with Crippen LogP contribution in [0.15, 0.2) is 24.3 Å². The molecule has 118 valence electrons. The molecule has 2 nitrogen and oxygen atoms in total.